The largest absolute Gasteiger partial charge is 0.397 e. The minimum Gasteiger partial charge on any atom is -0.334 e. The molecule has 0 saturated heterocycles. The Balaban J connectivity index is 2.04. The molecule has 0 radical (unpaired) electrons. The third-order valence-electron chi connectivity index (χ3n) is 1.92. The van der Waals surface area contributed by atoms with Crippen LogP contribution in [0.15, 0.2) is 29.3 Å². The van der Waals surface area contributed by atoms with Crippen LogP contribution < -0.4 is 4.68 Å². The zero-order valence-corrected chi connectivity index (χ0v) is 9.82. The van der Waals surface area contributed by atoms with E-state index in [1.54, 1.807) is 12.3 Å². The van der Waals surface area contributed by atoms with E-state index in [1.807, 2.05) is 0 Å². The van der Waals surface area contributed by atoms with Crippen molar-refractivity contribution in [1.82, 2.24) is 15.2 Å². The Kier molecular flexibility index (Phi) is 3.60. The molecule has 9 nitrogen and oxygen atoms in total. The van der Waals surface area contributed by atoms with Crippen LogP contribution in [0.4, 0.5) is 0 Å². The van der Waals surface area contributed by atoms with Crippen LogP contribution in [0.5, 0.6) is 0 Å². The monoisotopic (exact) mass is 273 g/mol. The Labute approximate surface area is 102 Å². The van der Waals surface area contributed by atoms with Gasteiger partial charge in [-0.05, 0) is 11.2 Å². The summed E-state index contributed by atoms with van der Waals surface area (Å²) in [5, 5.41) is 7.41. The summed E-state index contributed by atoms with van der Waals surface area (Å²) in [4.78, 5) is 3.86. The summed E-state index contributed by atoms with van der Waals surface area (Å²) in [5.41, 5.74) is 0.634. The Morgan fingerprint density at radius 2 is 2.33 bits per heavy atom. The molecule has 0 bridgehead atoms. The SMILES string of the molecule is O=S(=O)(O)OCC[n+]1cc(-c2ncno2)ccn1. The highest BCUT2D eigenvalue weighted by atomic mass is 32.3. The van der Waals surface area contributed by atoms with Gasteiger partial charge in [-0.2, -0.15) is 13.4 Å². The lowest BCUT2D eigenvalue weighted by Crippen LogP contribution is -2.39. The average molecular weight is 273 g/mol. The van der Waals surface area contributed by atoms with Crippen molar-refractivity contribution in [3.05, 3.63) is 24.8 Å². The van der Waals surface area contributed by atoms with Gasteiger partial charge in [-0.25, -0.2) is 4.18 Å². The van der Waals surface area contributed by atoms with Crippen molar-refractivity contribution in [3.63, 3.8) is 0 Å². The van der Waals surface area contributed by atoms with Gasteiger partial charge in [0.1, 0.15) is 12.2 Å². The summed E-state index contributed by atoms with van der Waals surface area (Å²) in [7, 11) is -4.43. The lowest BCUT2D eigenvalue weighted by Gasteiger charge is -1.96. The fourth-order valence-electron chi connectivity index (χ4n) is 1.22. The van der Waals surface area contributed by atoms with Crippen molar-refractivity contribution in [2.24, 2.45) is 0 Å². The van der Waals surface area contributed by atoms with Crippen molar-refractivity contribution >= 4 is 10.4 Å². The third kappa shape index (κ3) is 3.55. The minimum absolute atomic E-state index is 0.141. The number of aromatic nitrogens is 4. The Morgan fingerprint density at radius 1 is 1.50 bits per heavy atom. The van der Waals surface area contributed by atoms with Crippen LogP contribution >= 0.6 is 0 Å². The van der Waals surface area contributed by atoms with Gasteiger partial charge >= 0.3 is 10.4 Å². The maximum atomic E-state index is 10.3. The highest BCUT2D eigenvalue weighted by molar-refractivity contribution is 7.80. The molecule has 2 rings (SSSR count). The molecule has 0 aliphatic heterocycles. The van der Waals surface area contributed by atoms with E-state index in [2.05, 4.69) is 19.4 Å². The van der Waals surface area contributed by atoms with E-state index in [0.29, 0.717) is 11.5 Å². The quantitative estimate of drug-likeness (QED) is 0.557. The number of rotatable bonds is 5. The van der Waals surface area contributed by atoms with Crippen LogP contribution in [0.3, 0.4) is 0 Å². The first-order chi connectivity index (χ1) is 8.54. The summed E-state index contributed by atoms with van der Waals surface area (Å²) < 4.78 is 39.5. The van der Waals surface area contributed by atoms with Crippen molar-refractivity contribution in [2.45, 2.75) is 6.54 Å². The molecule has 2 aromatic rings. The topological polar surface area (TPSA) is 119 Å². The summed E-state index contributed by atoms with van der Waals surface area (Å²) in [6.45, 7) is -0.0917. The van der Waals surface area contributed by atoms with Crippen LogP contribution in [-0.4, -0.2) is 34.8 Å². The van der Waals surface area contributed by atoms with Gasteiger partial charge in [0, 0.05) is 0 Å². The smallest absolute Gasteiger partial charge is 0.334 e. The molecule has 18 heavy (non-hydrogen) atoms. The first-order valence-corrected chi connectivity index (χ1v) is 6.16. The molecular formula is C8H9N4O5S+. The summed E-state index contributed by atoms with van der Waals surface area (Å²) in [6.07, 6.45) is 4.34. The van der Waals surface area contributed by atoms with Gasteiger partial charge in [-0.3, -0.25) is 4.55 Å². The fraction of sp³-hybridized carbons (Fsp3) is 0.250. The van der Waals surface area contributed by atoms with Crippen molar-refractivity contribution in [1.29, 1.82) is 0 Å². The zero-order chi connectivity index (χ0) is 13.0. The molecule has 0 aliphatic carbocycles. The second-order valence-corrected chi connectivity index (χ2v) is 4.27. The molecule has 0 aromatic carbocycles. The number of nitrogens with zero attached hydrogens (tertiary/aromatic N) is 4. The molecule has 0 spiro atoms. The molecule has 0 amide bonds. The van der Waals surface area contributed by atoms with E-state index in [-0.39, 0.29) is 13.2 Å². The summed E-state index contributed by atoms with van der Waals surface area (Å²) in [5.74, 6) is 0.321. The van der Waals surface area contributed by atoms with Crippen LogP contribution in [0.25, 0.3) is 11.5 Å². The maximum Gasteiger partial charge on any atom is 0.397 e. The number of hydrogen-bond acceptors (Lipinski definition) is 7. The second kappa shape index (κ2) is 5.16. The van der Waals surface area contributed by atoms with Gasteiger partial charge in [-0.15, -0.1) is 0 Å². The van der Waals surface area contributed by atoms with E-state index < -0.39 is 10.4 Å². The molecule has 0 atom stereocenters. The first kappa shape index (κ1) is 12.5. The Hall–Kier alpha value is -1.91. The molecular weight excluding hydrogens is 264 g/mol. The summed E-state index contributed by atoms with van der Waals surface area (Å²) in [6, 6.07) is 1.66. The predicted molar refractivity (Wildman–Crippen MR) is 55.2 cm³/mol. The molecule has 1 N–H and O–H groups in total. The normalized spacial score (nSPS) is 11.6. The summed E-state index contributed by atoms with van der Waals surface area (Å²) >= 11 is 0. The van der Waals surface area contributed by atoms with Crippen molar-refractivity contribution in [2.75, 3.05) is 6.61 Å². The van der Waals surface area contributed by atoms with Crippen LogP contribution in [0.1, 0.15) is 0 Å². The second-order valence-electron chi connectivity index (χ2n) is 3.17. The Morgan fingerprint density at radius 3 is 3.00 bits per heavy atom. The zero-order valence-electron chi connectivity index (χ0n) is 9.00. The van der Waals surface area contributed by atoms with Gasteiger partial charge in [0.25, 0.3) is 5.89 Å². The van der Waals surface area contributed by atoms with Gasteiger partial charge in [0.05, 0.1) is 6.20 Å². The van der Waals surface area contributed by atoms with Crippen LogP contribution in [0, 0.1) is 0 Å². The van der Waals surface area contributed by atoms with Gasteiger partial charge < -0.3 is 4.52 Å². The molecule has 0 unspecified atom stereocenters. The average Bonchev–Trinajstić information content (AvgIpc) is 2.81. The standard InChI is InChI=1S/C8H8N4O5S/c13-18(14,15)16-4-3-12-5-7(1-2-10-12)8-9-6-11-17-8/h1-2,5-6H,3-4H2/p+1. The molecule has 10 heteroatoms. The van der Waals surface area contributed by atoms with Crippen molar-refractivity contribution in [3.8, 4) is 11.5 Å². The third-order valence-corrected chi connectivity index (χ3v) is 2.38. The molecule has 96 valence electrons. The molecule has 2 heterocycles. The molecule has 0 aliphatic rings. The van der Waals surface area contributed by atoms with E-state index in [4.69, 9.17) is 9.08 Å². The van der Waals surface area contributed by atoms with Crippen LogP contribution in [-0.2, 0) is 21.1 Å². The number of hydrogen-bond donors (Lipinski definition) is 1. The van der Waals surface area contributed by atoms with Crippen molar-refractivity contribution < 1.29 is 26.4 Å². The van der Waals surface area contributed by atoms with E-state index >= 15 is 0 Å². The minimum atomic E-state index is -4.43. The predicted octanol–water partition coefficient (Wildman–Crippen LogP) is -0.762. The first-order valence-electron chi connectivity index (χ1n) is 4.79. The van der Waals surface area contributed by atoms with Gasteiger partial charge in [-0.1, -0.05) is 9.84 Å². The van der Waals surface area contributed by atoms with Crippen LogP contribution in [0.2, 0.25) is 0 Å². The molecule has 0 saturated carbocycles. The maximum absolute atomic E-state index is 10.3. The molecule has 0 fully saturated rings. The lowest BCUT2D eigenvalue weighted by molar-refractivity contribution is -0.753. The highest BCUT2D eigenvalue weighted by Crippen LogP contribution is 2.11. The lowest BCUT2D eigenvalue weighted by atomic mass is 10.3. The fourth-order valence-corrected chi connectivity index (χ4v) is 1.51. The van der Waals surface area contributed by atoms with Gasteiger partial charge in [0.2, 0.25) is 6.20 Å². The van der Waals surface area contributed by atoms with E-state index in [9.17, 15) is 8.42 Å². The van der Waals surface area contributed by atoms with Gasteiger partial charge in [0.15, 0.2) is 12.9 Å². The Bertz CT molecular complexity index is 612. The van der Waals surface area contributed by atoms with E-state index in [0.717, 1.165) is 0 Å². The van der Waals surface area contributed by atoms with E-state index in [1.165, 1.54) is 17.2 Å². The highest BCUT2D eigenvalue weighted by Gasteiger charge is 2.12. The molecule has 2 aromatic heterocycles.